The SMILES string of the molecule is CCOc1ccc(CC)cc1C(=O)c1cccc(N)c1. The van der Waals surface area contributed by atoms with Gasteiger partial charge in [0.05, 0.1) is 12.2 Å². The molecule has 0 saturated heterocycles. The van der Waals surface area contributed by atoms with Crippen molar-refractivity contribution in [2.45, 2.75) is 20.3 Å². The summed E-state index contributed by atoms with van der Waals surface area (Å²) in [5.41, 5.74) is 8.62. The summed E-state index contributed by atoms with van der Waals surface area (Å²) in [6.45, 7) is 4.50. The van der Waals surface area contributed by atoms with Crippen LogP contribution in [0.1, 0.15) is 35.3 Å². The minimum Gasteiger partial charge on any atom is -0.493 e. The molecule has 2 aromatic carbocycles. The maximum absolute atomic E-state index is 12.6. The quantitative estimate of drug-likeness (QED) is 0.668. The highest BCUT2D eigenvalue weighted by atomic mass is 16.5. The van der Waals surface area contributed by atoms with Crippen molar-refractivity contribution in [1.82, 2.24) is 0 Å². The summed E-state index contributed by atoms with van der Waals surface area (Å²) in [6, 6.07) is 12.8. The van der Waals surface area contributed by atoms with E-state index in [0.29, 0.717) is 29.2 Å². The first-order valence-electron chi connectivity index (χ1n) is 6.81. The highest BCUT2D eigenvalue weighted by molar-refractivity contribution is 6.11. The summed E-state index contributed by atoms with van der Waals surface area (Å²) in [5.74, 6) is 0.563. The lowest BCUT2D eigenvalue weighted by Crippen LogP contribution is -2.06. The van der Waals surface area contributed by atoms with Crippen LogP contribution < -0.4 is 10.5 Å². The average molecular weight is 269 g/mol. The van der Waals surface area contributed by atoms with Crippen LogP contribution in [0.15, 0.2) is 42.5 Å². The summed E-state index contributed by atoms with van der Waals surface area (Å²) in [4.78, 5) is 12.6. The van der Waals surface area contributed by atoms with Crippen molar-refractivity contribution in [2.24, 2.45) is 0 Å². The molecule has 0 bridgehead atoms. The van der Waals surface area contributed by atoms with Gasteiger partial charge in [0.2, 0.25) is 0 Å². The molecule has 0 radical (unpaired) electrons. The van der Waals surface area contributed by atoms with Crippen molar-refractivity contribution < 1.29 is 9.53 Å². The van der Waals surface area contributed by atoms with E-state index in [1.807, 2.05) is 25.1 Å². The molecular weight excluding hydrogens is 250 g/mol. The molecule has 0 aromatic heterocycles. The number of carbonyl (C=O) groups is 1. The van der Waals surface area contributed by atoms with Crippen LogP contribution >= 0.6 is 0 Å². The number of ether oxygens (including phenoxy) is 1. The van der Waals surface area contributed by atoms with Gasteiger partial charge in [-0.15, -0.1) is 0 Å². The third-order valence-corrected chi connectivity index (χ3v) is 3.15. The van der Waals surface area contributed by atoms with Gasteiger partial charge in [-0.05, 0) is 43.2 Å². The molecule has 0 aliphatic carbocycles. The van der Waals surface area contributed by atoms with Crippen LogP contribution in [0.4, 0.5) is 5.69 Å². The number of anilines is 1. The van der Waals surface area contributed by atoms with E-state index in [0.717, 1.165) is 12.0 Å². The first-order chi connectivity index (χ1) is 9.65. The minimum atomic E-state index is -0.0592. The molecule has 0 heterocycles. The monoisotopic (exact) mass is 269 g/mol. The first-order valence-corrected chi connectivity index (χ1v) is 6.81. The maximum Gasteiger partial charge on any atom is 0.196 e. The summed E-state index contributed by atoms with van der Waals surface area (Å²) >= 11 is 0. The molecule has 0 amide bonds. The molecular formula is C17H19NO2. The second-order valence-electron chi connectivity index (χ2n) is 4.57. The van der Waals surface area contributed by atoms with E-state index in [4.69, 9.17) is 10.5 Å². The number of nitrogens with two attached hydrogens (primary N) is 1. The van der Waals surface area contributed by atoms with Crippen molar-refractivity contribution in [2.75, 3.05) is 12.3 Å². The summed E-state index contributed by atoms with van der Waals surface area (Å²) in [7, 11) is 0. The van der Waals surface area contributed by atoms with E-state index in [9.17, 15) is 4.79 Å². The summed E-state index contributed by atoms with van der Waals surface area (Å²) in [5, 5.41) is 0. The zero-order chi connectivity index (χ0) is 14.5. The lowest BCUT2D eigenvalue weighted by atomic mass is 9.99. The highest BCUT2D eigenvalue weighted by Crippen LogP contribution is 2.24. The van der Waals surface area contributed by atoms with Crippen molar-refractivity contribution in [3.05, 3.63) is 59.2 Å². The highest BCUT2D eigenvalue weighted by Gasteiger charge is 2.15. The van der Waals surface area contributed by atoms with E-state index in [1.54, 1.807) is 24.3 Å². The first kappa shape index (κ1) is 14.1. The van der Waals surface area contributed by atoms with E-state index >= 15 is 0 Å². The largest absolute Gasteiger partial charge is 0.493 e. The Hall–Kier alpha value is -2.29. The van der Waals surface area contributed by atoms with Gasteiger partial charge in [0, 0.05) is 11.3 Å². The van der Waals surface area contributed by atoms with Crippen molar-refractivity contribution in [1.29, 1.82) is 0 Å². The lowest BCUT2D eigenvalue weighted by molar-refractivity contribution is 0.103. The third-order valence-electron chi connectivity index (χ3n) is 3.15. The van der Waals surface area contributed by atoms with Crippen molar-refractivity contribution >= 4 is 11.5 Å². The van der Waals surface area contributed by atoms with Crippen LogP contribution in [0.2, 0.25) is 0 Å². The van der Waals surface area contributed by atoms with Crippen molar-refractivity contribution in [3.63, 3.8) is 0 Å². The second-order valence-corrected chi connectivity index (χ2v) is 4.57. The molecule has 20 heavy (non-hydrogen) atoms. The molecule has 0 unspecified atom stereocenters. The zero-order valence-corrected chi connectivity index (χ0v) is 11.8. The van der Waals surface area contributed by atoms with Gasteiger partial charge in [0.25, 0.3) is 0 Å². The standard InChI is InChI=1S/C17H19NO2/c1-3-12-8-9-16(20-4-2)15(10-12)17(19)13-6-5-7-14(18)11-13/h5-11H,3-4,18H2,1-2H3. The Kier molecular flexibility index (Phi) is 4.41. The van der Waals surface area contributed by atoms with Crippen LogP contribution in [0.5, 0.6) is 5.75 Å². The smallest absolute Gasteiger partial charge is 0.196 e. The molecule has 0 aliphatic heterocycles. The minimum absolute atomic E-state index is 0.0592. The summed E-state index contributed by atoms with van der Waals surface area (Å²) in [6.07, 6.45) is 0.879. The molecule has 2 N–H and O–H groups in total. The number of carbonyl (C=O) groups excluding carboxylic acids is 1. The Labute approximate surface area is 119 Å². The molecule has 2 rings (SSSR count). The molecule has 2 aromatic rings. The van der Waals surface area contributed by atoms with Crippen LogP contribution in [0.25, 0.3) is 0 Å². The van der Waals surface area contributed by atoms with Crippen LogP contribution in [0.3, 0.4) is 0 Å². The Morgan fingerprint density at radius 1 is 1.15 bits per heavy atom. The number of hydrogen-bond acceptors (Lipinski definition) is 3. The number of ketones is 1. The predicted molar refractivity (Wildman–Crippen MR) is 81.3 cm³/mol. The topological polar surface area (TPSA) is 52.3 Å². The lowest BCUT2D eigenvalue weighted by Gasteiger charge is -2.11. The molecule has 0 spiro atoms. The molecule has 0 aliphatic rings. The van der Waals surface area contributed by atoms with Gasteiger partial charge in [-0.1, -0.05) is 25.1 Å². The molecule has 3 nitrogen and oxygen atoms in total. The van der Waals surface area contributed by atoms with Gasteiger partial charge in [-0.3, -0.25) is 4.79 Å². The molecule has 0 fully saturated rings. The predicted octanol–water partition coefficient (Wildman–Crippen LogP) is 3.46. The van der Waals surface area contributed by atoms with Gasteiger partial charge >= 0.3 is 0 Å². The van der Waals surface area contributed by atoms with Gasteiger partial charge in [0.15, 0.2) is 5.78 Å². The van der Waals surface area contributed by atoms with Gasteiger partial charge in [-0.2, -0.15) is 0 Å². The van der Waals surface area contributed by atoms with Crippen LogP contribution in [-0.2, 0) is 6.42 Å². The van der Waals surface area contributed by atoms with Crippen LogP contribution in [0, 0.1) is 0 Å². The number of rotatable bonds is 5. The van der Waals surface area contributed by atoms with E-state index < -0.39 is 0 Å². The fourth-order valence-electron chi connectivity index (χ4n) is 2.09. The van der Waals surface area contributed by atoms with Crippen LogP contribution in [-0.4, -0.2) is 12.4 Å². The molecule has 104 valence electrons. The Bertz CT molecular complexity index is 620. The molecule has 0 saturated carbocycles. The molecule has 0 atom stereocenters. The summed E-state index contributed by atoms with van der Waals surface area (Å²) < 4.78 is 5.56. The fourth-order valence-corrected chi connectivity index (χ4v) is 2.09. The van der Waals surface area contributed by atoms with E-state index in [1.165, 1.54) is 0 Å². The third kappa shape index (κ3) is 2.99. The Morgan fingerprint density at radius 3 is 2.60 bits per heavy atom. The number of aryl methyl sites for hydroxylation is 1. The fraction of sp³-hybridized carbons (Fsp3) is 0.235. The number of nitrogen functional groups attached to an aromatic ring is 1. The second kappa shape index (κ2) is 6.24. The maximum atomic E-state index is 12.6. The Morgan fingerprint density at radius 2 is 1.95 bits per heavy atom. The zero-order valence-electron chi connectivity index (χ0n) is 11.8. The van der Waals surface area contributed by atoms with E-state index in [-0.39, 0.29) is 5.78 Å². The average Bonchev–Trinajstić information content (AvgIpc) is 2.47. The normalized spacial score (nSPS) is 10.3. The number of benzene rings is 2. The Balaban J connectivity index is 2.46. The van der Waals surface area contributed by atoms with Gasteiger partial charge < -0.3 is 10.5 Å². The van der Waals surface area contributed by atoms with E-state index in [2.05, 4.69) is 6.92 Å². The van der Waals surface area contributed by atoms with Gasteiger partial charge in [-0.25, -0.2) is 0 Å². The molecule has 3 heteroatoms. The number of hydrogen-bond donors (Lipinski definition) is 1. The van der Waals surface area contributed by atoms with Crippen molar-refractivity contribution in [3.8, 4) is 5.75 Å². The van der Waals surface area contributed by atoms with Gasteiger partial charge in [0.1, 0.15) is 5.75 Å².